The van der Waals surface area contributed by atoms with Gasteiger partial charge < -0.3 is 10.4 Å². The first-order chi connectivity index (χ1) is 8.56. The van der Waals surface area contributed by atoms with Gasteiger partial charge in [-0.2, -0.15) is 5.10 Å². The highest BCUT2D eigenvalue weighted by Crippen LogP contribution is 2.03. The van der Waals surface area contributed by atoms with Crippen LogP contribution in [0.4, 0.5) is 10.6 Å². The third-order valence-electron chi connectivity index (χ3n) is 2.39. The van der Waals surface area contributed by atoms with Crippen molar-refractivity contribution in [3.05, 3.63) is 12.3 Å². The minimum absolute atomic E-state index is 0.395. The lowest BCUT2D eigenvalue weighted by molar-refractivity contribution is -0.139. The van der Waals surface area contributed by atoms with E-state index in [2.05, 4.69) is 15.7 Å². The number of hydrogen-bond donors (Lipinski definition) is 3. The number of rotatable bonds is 6. The van der Waals surface area contributed by atoms with Crippen molar-refractivity contribution in [2.75, 3.05) is 5.32 Å². The van der Waals surface area contributed by atoms with Crippen LogP contribution in [-0.2, 0) is 11.3 Å². The number of aryl methyl sites for hydroxylation is 1. The Labute approximate surface area is 105 Å². The lowest BCUT2D eigenvalue weighted by atomic mass is 10.2. The number of carbonyl (C=O) groups excluding carboxylic acids is 1. The average Bonchev–Trinajstić information content (AvgIpc) is 2.76. The van der Waals surface area contributed by atoms with Gasteiger partial charge in [0.05, 0.1) is 0 Å². The molecule has 0 aliphatic heterocycles. The molecule has 1 heterocycles. The van der Waals surface area contributed by atoms with Crippen LogP contribution in [0.1, 0.15) is 26.7 Å². The summed E-state index contributed by atoms with van der Waals surface area (Å²) in [6.45, 7) is 4.49. The van der Waals surface area contributed by atoms with Crippen molar-refractivity contribution in [2.24, 2.45) is 0 Å². The highest BCUT2D eigenvalue weighted by molar-refractivity contribution is 5.91. The largest absolute Gasteiger partial charge is 0.480 e. The van der Waals surface area contributed by atoms with Crippen molar-refractivity contribution in [1.29, 1.82) is 0 Å². The lowest BCUT2D eigenvalue weighted by Gasteiger charge is -2.13. The minimum atomic E-state index is -1.04. The number of nitrogens with one attached hydrogen (secondary N) is 2. The third-order valence-corrected chi connectivity index (χ3v) is 2.39. The Morgan fingerprint density at radius 2 is 2.22 bits per heavy atom. The van der Waals surface area contributed by atoms with Crippen LogP contribution in [0.25, 0.3) is 0 Å². The molecule has 100 valence electrons. The molecule has 0 unspecified atom stereocenters. The lowest BCUT2D eigenvalue weighted by Crippen LogP contribution is -2.42. The zero-order valence-corrected chi connectivity index (χ0v) is 10.5. The third kappa shape index (κ3) is 4.08. The summed E-state index contributed by atoms with van der Waals surface area (Å²) in [5.41, 5.74) is 0. The van der Waals surface area contributed by atoms with E-state index in [1.807, 2.05) is 13.8 Å². The van der Waals surface area contributed by atoms with Crippen molar-refractivity contribution in [1.82, 2.24) is 15.1 Å². The number of urea groups is 1. The van der Waals surface area contributed by atoms with E-state index < -0.39 is 18.0 Å². The molecular formula is C11H18N4O3. The van der Waals surface area contributed by atoms with E-state index in [-0.39, 0.29) is 0 Å². The van der Waals surface area contributed by atoms with Gasteiger partial charge in [0.1, 0.15) is 6.04 Å². The van der Waals surface area contributed by atoms with Gasteiger partial charge >= 0.3 is 12.0 Å². The maximum Gasteiger partial charge on any atom is 0.326 e. The van der Waals surface area contributed by atoms with Crippen molar-refractivity contribution in [3.8, 4) is 0 Å². The van der Waals surface area contributed by atoms with Crippen LogP contribution < -0.4 is 10.6 Å². The van der Waals surface area contributed by atoms with E-state index in [1.165, 1.54) is 0 Å². The van der Waals surface area contributed by atoms with Gasteiger partial charge in [-0.25, -0.2) is 9.59 Å². The first-order valence-electron chi connectivity index (χ1n) is 5.90. The van der Waals surface area contributed by atoms with Gasteiger partial charge in [0.15, 0.2) is 5.82 Å². The van der Waals surface area contributed by atoms with E-state index >= 15 is 0 Å². The number of amides is 2. The summed E-state index contributed by atoms with van der Waals surface area (Å²) in [6, 6.07) is 0.221. The molecule has 0 saturated heterocycles. The molecule has 0 aliphatic rings. The highest BCUT2D eigenvalue weighted by atomic mass is 16.4. The molecule has 0 saturated carbocycles. The van der Waals surface area contributed by atoms with Crippen molar-refractivity contribution in [3.63, 3.8) is 0 Å². The molecule has 0 aliphatic carbocycles. The first-order valence-corrected chi connectivity index (χ1v) is 5.90. The molecule has 7 nitrogen and oxygen atoms in total. The second-order valence-corrected chi connectivity index (χ2v) is 3.83. The molecule has 0 fully saturated rings. The summed E-state index contributed by atoms with van der Waals surface area (Å²) in [5.74, 6) is -0.638. The number of aromatic nitrogens is 2. The second-order valence-electron chi connectivity index (χ2n) is 3.83. The van der Waals surface area contributed by atoms with Gasteiger partial charge in [0, 0.05) is 18.8 Å². The molecule has 0 spiro atoms. The van der Waals surface area contributed by atoms with Crippen LogP contribution in [0.5, 0.6) is 0 Å². The summed E-state index contributed by atoms with van der Waals surface area (Å²) in [5, 5.41) is 17.9. The Balaban J connectivity index is 2.51. The zero-order valence-electron chi connectivity index (χ0n) is 10.5. The Kier molecular flexibility index (Phi) is 5.16. The number of aliphatic carboxylic acids is 1. The van der Waals surface area contributed by atoms with Crippen LogP contribution in [0.15, 0.2) is 12.3 Å². The monoisotopic (exact) mass is 254 g/mol. The fourth-order valence-electron chi connectivity index (χ4n) is 1.46. The van der Waals surface area contributed by atoms with Gasteiger partial charge in [-0.3, -0.25) is 10.00 Å². The van der Waals surface area contributed by atoms with Gasteiger partial charge in [0.2, 0.25) is 0 Å². The second kappa shape index (κ2) is 6.63. The summed E-state index contributed by atoms with van der Waals surface area (Å²) in [4.78, 5) is 22.4. The molecule has 0 bridgehead atoms. The number of carboxylic acid groups (broad SMARTS) is 1. The Morgan fingerprint density at radius 1 is 1.50 bits per heavy atom. The number of nitrogens with zero attached hydrogens (tertiary/aromatic N) is 2. The van der Waals surface area contributed by atoms with E-state index in [9.17, 15) is 9.59 Å². The Hall–Kier alpha value is -2.05. The normalized spacial score (nSPS) is 11.9. The fraction of sp³-hybridized carbons (Fsp3) is 0.545. The van der Waals surface area contributed by atoms with Gasteiger partial charge in [0.25, 0.3) is 0 Å². The van der Waals surface area contributed by atoms with E-state index in [1.54, 1.807) is 16.9 Å². The molecule has 0 radical (unpaired) electrons. The number of carboxylic acids is 1. The van der Waals surface area contributed by atoms with Crippen LogP contribution in [0.2, 0.25) is 0 Å². The van der Waals surface area contributed by atoms with Crippen LogP contribution in [0.3, 0.4) is 0 Å². The fourth-order valence-corrected chi connectivity index (χ4v) is 1.46. The van der Waals surface area contributed by atoms with Crippen molar-refractivity contribution < 1.29 is 14.7 Å². The molecule has 0 aromatic carbocycles. The summed E-state index contributed by atoms with van der Waals surface area (Å²) < 4.78 is 1.66. The number of anilines is 1. The summed E-state index contributed by atoms with van der Waals surface area (Å²) >= 11 is 0. The molecule has 3 N–H and O–H groups in total. The molecule has 1 aromatic heterocycles. The van der Waals surface area contributed by atoms with Crippen LogP contribution in [0, 0.1) is 0 Å². The predicted octanol–water partition coefficient (Wildman–Crippen LogP) is 1.28. The summed E-state index contributed by atoms with van der Waals surface area (Å²) in [6.07, 6.45) is 2.81. The van der Waals surface area contributed by atoms with Gasteiger partial charge in [-0.05, 0) is 13.3 Å². The molecule has 18 heavy (non-hydrogen) atoms. The number of carbonyl (C=O) groups is 2. The molecule has 2 amide bonds. The standard InChI is InChI=1S/C11H18N4O3/c1-3-5-8(10(16)17)12-11(18)13-9-6-7-15(4-2)14-9/h6-8H,3-5H2,1-2H3,(H,16,17)(H2,12,13,14,18)/t8-/m1/s1. The van der Waals surface area contributed by atoms with Gasteiger partial charge in [-0.15, -0.1) is 0 Å². The van der Waals surface area contributed by atoms with E-state index in [0.29, 0.717) is 25.2 Å². The van der Waals surface area contributed by atoms with Crippen molar-refractivity contribution in [2.45, 2.75) is 39.3 Å². The Bertz CT molecular complexity index is 416. The topological polar surface area (TPSA) is 96.3 Å². The van der Waals surface area contributed by atoms with E-state index in [4.69, 9.17) is 5.11 Å². The highest BCUT2D eigenvalue weighted by Gasteiger charge is 2.18. The SMILES string of the molecule is CCC[C@@H](NC(=O)Nc1ccn(CC)n1)C(=O)O. The smallest absolute Gasteiger partial charge is 0.326 e. The number of hydrogen-bond acceptors (Lipinski definition) is 3. The molecular weight excluding hydrogens is 236 g/mol. The Morgan fingerprint density at radius 3 is 2.72 bits per heavy atom. The molecule has 1 aromatic rings. The molecule has 7 heteroatoms. The van der Waals surface area contributed by atoms with Crippen molar-refractivity contribution >= 4 is 17.8 Å². The summed E-state index contributed by atoms with van der Waals surface area (Å²) in [7, 11) is 0. The average molecular weight is 254 g/mol. The maximum absolute atomic E-state index is 11.6. The quantitative estimate of drug-likeness (QED) is 0.712. The minimum Gasteiger partial charge on any atom is -0.480 e. The first kappa shape index (κ1) is 14.0. The molecule has 1 rings (SSSR count). The predicted molar refractivity (Wildman–Crippen MR) is 66.4 cm³/mol. The van der Waals surface area contributed by atoms with Gasteiger partial charge in [-0.1, -0.05) is 13.3 Å². The van der Waals surface area contributed by atoms with E-state index in [0.717, 1.165) is 0 Å². The zero-order chi connectivity index (χ0) is 13.5. The van der Waals surface area contributed by atoms with Crippen LogP contribution in [-0.4, -0.2) is 32.9 Å². The molecule has 1 atom stereocenters. The maximum atomic E-state index is 11.6. The van der Waals surface area contributed by atoms with Crippen LogP contribution >= 0.6 is 0 Å².